The zero-order valence-corrected chi connectivity index (χ0v) is 16.8. The monoisotopic (exact) mass is 392 g/mol. The number of rotatable bonds is 10. The van der Waals surface area contributed by atoms with E-state index in [1.165, 1.54) is 0 Å². The molecule has 0 bridgehead atoms. The van der Waals surface area contributed by atoms with Gasteiger partial charge in [-0.1, -0.05) is 25.5 Å². The SMILES string of the molecule is CCCCOc1ccc(C(=O)NCCc2ccc(N)cc2)cc1OCC.Cl. The standard InChI is InChI=1S/C21H28N2O3.ClH/c1-3-5-14-26-19-11-8-17(15-20(19)25-4-2)21(24)23-13-12-16-6-9-18(22)10-7-16;/h6-11,15H,3-5,12-14,22H2,1-2H3,(H,23,24);1H. The van der Waals surface area contributed by atoms with Gasteiger partial charge in [0, 0.05) is 17.8 Å². The molecule has 0 saturated carbocycles. The van der Waals surface area contributed by atoms with Gasteiger partial charge in [0.1, 0.15) is 0 Å². The lowest BCUT2D eigenvalue weighted by Crippen LogP contribution is -2.25. The van der Waals surface area contributed by atoms with Gasteiger partial charge in [0.25, 0.3) is 5.91 Å². The van der Waals surface area contributed by atoms with Crippen molar-refractivity contribution in [3.63, 3.8) is 0 Å². The Morgan fingerprint density at radius 2 is 1.78 bits per heavy atom. The van der Waals surface area contributed by atoms with Crippen molar-refractivity contribution >= 4 is 24.0 Å². The van der Waals surface area contributed by atoms with Crippen LogP contribution in [-0.4, -0.2) is 25.7 Å². The highest BCUT2D eigenvalue weighted by Crippen LogP contribution is 2.28. The molecule has 0 radical (unpaired) electrons. The van der Waals surface area contributed by atoms with E-state index in [0.29, 0.717) is 36.8 Å². The zero-order chi connectivity index (χ0) is 18.8. The fourth-order valence-electron chi connectivity index (χ4n) is 2.47. The Kier molecular flexibility index (Phi) is 10.1. The minimum atomic E-state index is -0.124. The number of carbonyl (C=O) groups is 1. The van der Waals surface area contributed by atoms with Crippen LogP contribution >= 0.6 is 12.4 Å². The average Bonchev–Trinajstić information content (AvgIpc) is 2.65. The topological polar surface area (TPSA) is 73.6 Å². The fourth-order valence-corrected chi connectivity index (χ4v) is 2.47. The molecule has 0 heterocycles. The molecular formula is C21H29ClN2O3. The molecule has 0 fully saturated rings. The van der Waals surface area contributed by atoms with Crippen LogP contribution in [0, 0.1) is 0 Å². The van der Waals surface area contributed by atoms with Crippen molar-refractivity contribution < 1.29 is 14.3 Å². The summed E-state index contributed by atoms with van der Waals surface area (Å²) in [5, 5.41) is 2.94. The highest BCUT2D eigenvalue weighted by molar-refractivity contribution is 5.94. The lowest BCUT2D eigenvalue weighted by molar-refractivity contribution is 0.0953. The van der Waals surface area contributed by atoms with Crippen molar-refractivity contribution in [1.29, 1.82) is 0 Å². The molecule has 2 aromatic rings. The lowest BCUT2D eigenvalue weighted by atomic mass is 10.1. The van der Waals surface area contributed by atoms with Crippen LogP contribution in [0.1, 0.15) is 42.6 Å². The van der Waals surface area contributed by atoms with E-state index in [4.69, 9.17) is 15.2 Å². The summed E-state index contributed by atoms with van der Waals surface area (Å²) < 4.78 is 11.4. The number of carbonyl (C=O) groups excluding carboxylic acids is 1. The van der Waals surface area contributed by atoms with E-state index >= 15 is 0 Å². The first kappa shape index (κ1) is 22.6. The van der Waals surface area contributed by atoms with Gasteiger partial charge in [-0.2, -0.15) is 0 Å². The van der Waals surface area contributed by atoms with Gasteiger partial charge in [-0.3, -0.25) is 4.79 Å². The van der Waals surface area contributed by atoms with Gasteiger partial charge in [-0.15, -0.1) is 12.4 Å². The molecule has 1 amide bonds. The van der Waals surface area contributed by atoms with Crippen molar-refractivity contribution in [3.8, 4) is 11.5 Å². The molecule has 3 N–H and O–H groups in total. The number of anilines is 1. The van der Waals surface area contributed by atoms with Crippen LogP contribution in [0.3, 0.4) is 0 Å². The predicted octanol–water partition coefficient (Wildman–Crippen LogP) is 4.24. The number of amides is 1. The van der Waals surface area contributed by atoms with Crippen LogP contribution in [0.25, 0.3) is 0 Å². The summed E-state index contributed by atoms with van der Waals surface area (Å²) in [7, 11) is 0. The summed E-state index contributed by atoms with van der Waals surface area (Å²) in [6.07, 6.45) is 2.81. The Hall–Kier alpha value is -2.40. The first-order valence-corrected chi connectivity index (χ1v) is 9.16. The third kappa shape index (κ3) is 7.39. The molecule has 0 aliphatic rings. The second kappa shape index (κ2) is 12.1. The maximum absolute atomic E-state index is 12.4. The van der Waals surface area contributed by atoms with Gasteiger partial charge in [0.2, 0.25) is 0 Å². The fraction of sp³-hybridized carbons (Fsp3) is 0.381. The Balaban J connectivity index is 0.00000364. The summed E-state index contributed by atoms with van der Waals surface area (Å²) in [4.78, 5) is 12.4. The Morgan fingerprint density at radius 1 is 1.04 bits per heavy atom. The van der Waals surface area contributed by atoms with Crippen LogP contribution < -0.4 is 20.5 Å². The number of ether oxygens (including phenoxy) is 2. The van der Waals surface area contributed by atoms with Crippen LogP contribution in [0.4, 0.5) is 5.69 Å². The normalized spacial score (nSPS) is 10.0. The number of hydrogen-bond acceptors (Lipinski definition) is 4. The molecule has 0 aliphatic heterocycles. The molecule has 2 aromatic carbocycles. The summed E-state index contributed by atoms with van der Waals surface area (Å²) in [5.41, 5.74) is 8.11. The number of halogens is 1. The van der Waals surface area contributed by atoms with Gasteiger partial charge >= 0.3 is 0 Å². The highest BCUT2D eigenvalue weighted by Gasteiger charge is 2.11. The molecule has 5 nitrogen and oxygen atoms in total. The van der Waals surface area contributed by atoms with Gasteiger partial charge in [-0.25, -0.2) is 0 Å². The lowest BCUT2D eigenvalue weighted by Gasteiger charge is -2.13. The quantitative estimate of drug-likeness (QED) is 0.468. The van der Waals surface area contributed by atoms with Crippen LogP contribution in [0.2, 0.25) is 0 Å². The first-order valence-electron chi connectivity index (χ1n) is 9.16. The molecule has 0 spiro atoms. The van der Waals surface area contributed by atoms with Crippen molar-refractivity contribution in [3.05, 3.63) is 53.6 Å². The van der Waals surface area contributed by atoms with Crippen LogP contribution in [0.5, 0.6) is 11.5 Å². The van der Waals surface area contributed by atoms with Crippen LogP contribution in [0.15, 0.2) is 42.5 Å². The van der Waals surface area contributed by atoms with E-state index in [1.54, 1.807) is 18.2 Å². The third-order valence-electron chi connectivity index (χ3n) is 3.94. The second-order valence-electron chi connectivity index (χ2n) is 6.04. The molecule has 0 unspecified atom stereocenters. The van der Waals surface area contributed by atoms with Crippen molar-refractivity contribution in [2.75, 3.05) is 25.5 Å². The Morgan fingerprint density at radius 3 is 2.44 bits per heavy atom. The van der Waals surface area contributed by atoms with Crippen LogP contribution in [-0.2, 0) is 6.42 Å². The van der Waals surface area contributed by atoms with Gasteiger partial charge in [0.05, 0.1) is 13.2 Å². The summed E-state index contributed by atoms with van der Waals surface area (Å²) >= 11 is 0. The highest BCUT2D eigenvalue weighted by atomic mass is 35.5. The van der Waals surface area contributed by atoms with Gasteiger partial charge in [-0.05, 0) is 55.7 Å². The predicted molar refractivity (Wildman–Crippen MR) is 112 cm³/mol. The molecule has 6 heteroatoms. The van der Waals surface area contributed by atoms with Crippen molar-refractivity contribution in [2.24, 2.45) is 0 Å². The minimum absolute atomic E-state index is 0. The van der Waals surface area contributed by atoms with Gasteiger partial charge in [0.15, 0.2) is 11.5 Å². The van der Waals surface area contributed by atoms with E-state index in [0.717, 1.165) is 30.5 Å². The van der Waals surface area contributed by atoms with E-state index in [-0.39, 0.29) is 18.3 Å². The number of nitrogens with one attached hydrogen (secondary N) is 1. The zero-order valence-electron chi connectivity index (χ0n) is 16.0. The molecule has 0 aliphatic carbocycles. The largest absolute Gasteiger partial charge is 0.490 e. The molecule has 0 saturated heterocycles. The van der Waals surface area contributed by atoms with E-state index < -0.39 is 0 Å². The molecule has 148 valence electrons. The molecular weight excluding hydrogens is 364 g/mol. The summed E-state index contributed by atoms with van der Waals surface area (Å²) in [5.74, 6) is 1.16. The molecule has 0 atom stereocenters. The third-order valence-corrected chi connectivity index (χ3v) is 3.94. The molecule has 0 aromatic heterocycles. The number of nitrogen functional groups attached to an aromatic ring is 1. The van der Waals surface area contributed by atoms with Gasteiger partial charge < -0.3 is 20.5 Å². The second-order valence-corrected chi connectivity index (χ2v) is 6.04. The van der Waals surface area contributed by atoms with E-state index in [1.807, 2.05) is 31.2 Å². The maximum atomic E-state index is 12.4. The molecule has 2 rings (SSSR count). The number of unbranched alkanes of at least 4 members (excludes halogenated alkanes) is 1. The summed E-state index contributed by atoms with van der Waals surface area (Å²) in [6.45, 7) is 5.75. The van der Waals surface area contributed by atoms with E-state index in [9.17, 15) is 4.79 Å². The summed E-state index contributed by atoms with van der Waals surface area (Å²) in [6, 6.07) is 13.0. The first-order chi connectivity index (χ1) is 12.6. The van der Waals surface area contributed by atoms with Crippen molar-refractivity contribution in [2.45, 2.75) is 33.1 Å². The number of nitrogens with two attached hydrogens (primary N) is 1. The molecule has 27 heavy (non-hydrogen) atoms. The van der Waals surface area contributed by atoms with Crippen molar-refractivity contribution in [1.82, 2.24) is 5.32 Å². The maximum Gasteiger partial charge on any atom is 0.251 e. The number of benzene rings is 2. The smallest absolute Gasteiger partial charge is 0.251 e. The minimum Gasteiger partial charge on any atom is -0.490 e. The average molecular weight is 393 g/mol. The Labute approximate surface area is 167 Å². The Bertz CT molecular complexity index is 705. The van der Waals surface area contributed by atoms with E-state index in [2.05, 4.69) is 12.2 Å². The number of hydrogen-bond donors (Lipinski definition) is 2.